The molecule has 9 heteroatoms. The lowest BCUT2D eigenvalue weighted by Crippen LogP contribution is -2.49. The molecule has 1 aromatic heterocycles. The van der Waals surface area contributed by atoms with Crippen molar-refractivity contribution in [2.75, 3.05) is 30.3 Å². The maximum absolute atomic E-state index is 13.4. The number of likely N-dealkylation sites (tertiary alicyclic amines) is 1. The summed E-state index contributed by atoms with van der Waals surface area (Å²) in [5.41, 5.74) is 13.9. The zero-order valence-corrected chi connectivity index (χ0v) is 20.4. The van der Waals surface area contributed by atoms with Gasteiger partial charge in [-0.1, -0.05) is 30.3 Å². The third kappa shape index (κ3) is 5.92. The molecule has 6 N–H and O–H groups in total. The van der Waals surface area contributed by atoms with Crippen LogP contribution in [0.4, 0.5) is 11.5 Å². The van der Waals surface area contributed by atoms with Crippen molar-refractivity contribution in [2.24, 2.45) is 17.4 Å². The Kier molecular flexibility index (Phi) is 8.35. The second-order valence-corrected chi connectivity index (χ2v) is 9.28. The molecule has 1 aliphatic rings. The van der Waals surface area contributed by atoms with Crippen LogP contribution in [0.2, 0.25) is 0 Å². The first kappa shape index (κ1) is 25.4. The smallest absolute Gasteiger partial charge is 0.248 e. The molecule has 4 rings (SSSR count). The number of fused-ring (bicyclic) bond motifs is 1. The summed E-state index contributed by atoms with van der Waals surface area (Å²) in [7, 11) is 0. The van der Waals surface area contributed by atoms with Gasteiger partial charge in [0.25, 0.3) is 0 Å². The summed E-state index contributed by atoms with van der Waals surface area (Å²) in [5.74, 6) is 0.653. The van der Waals surface area contributed by atoms with Gasteiger partial charge in [0.2, 0.25) is 18.2 Å². The van der Waals surface area contributed by atoms with Crippen molar-refractivity contribution >= 4 is 40.6 Å². The molecule has 3 aromatic rings. The minimum absolute atomic E-state index is 0.130. The van der Waals surface area contributed by atoms with Crippen LogP contribution in [0.3, 0.4) is 0 Å². The van der Waals surface area contributed by atoms with Gasteiger partial charge in [-0.25, -0.2) is 0 Å². The van der Waals surface area contributed by atoms with Crippen molar-refractivity contribution < 1.29 is 14.4 Å². The fourth-order valence-electron chi connectivity index (χ4n) is 4.92. The van der Waals surface area contributed by atoms with Crippen LogP contribution in [0.15, 0.2) is 54.6 Å². The van der Waals surface area contributed by atoms with Crippen LogP contribution in [-0.2, 0) is 20.9 Å². The summed E-state index contributed by atoms with van der Waals surface area (Å²) >= 11 is 0. The average Bonchev–Trinajstić information content (AvgIpc) is 3.21. The highest BCUT2D eigenvalue weighted by atomic mass is 16.2. The van der Waals surface area contributed by atoms with E-state index in [1.54, 1.807) is 4.90 Å². The average molecular weight is 491 g/mol. The summed E-state index contributed by atoms with van der Waals surface area (Å²) in [5, 5.41) is 6.96. The Morgan fingerprint density at radius 3 is 2.64 bits per heavy atom. The molecule has 0 saturated carbocycles. The minimum Gasteiger partial charge on any atom is -0.333 e. The van der Waals surface area contributed by atoms with Crippen LogP contribution in [0.1, 0.15) is 31.2 Å². The number of anilines is 2. The predicted molar refractivity (Wildman–Crippen MR) is 141 cm³/mol. The molecular formula is C27H34N6O3. The van der Waals surface area contributed by atoms with Crippen LogP contribution < -0.4 is 22.1 Å². The molecule has 190 valence electrons. The zero-order chi connectivity index (χ0) is 25.5. The Morgan fingerprint density at radius 2 is 1.86 bits per heavy atom. The maximum atomic E-state index is 13.4. The summed E-state index contributed by atoms with van der Waals surface area (Å²) < 4.78 is 2.04. The van der Waals surface area contributed by atoms with Gasteiger partial charge in [-0.2, -0.15) is 0 Å². The van der Waals surface area contributed by atoms with Crippen molar-refractivity contribution in [3.63, 3.8) is 0 Å². The standard InChI is InChI=1S/C27H34N6O3/c28-11-8-19-10-13-32(18-34)24(15-19)27(36)31-25-16-21-5-1-2-7-23(21)33(25)17-20-4-3-6-22(14-20)30-26(35)9-12-29/h1-7,14,16,18-19,24H,8-13,15,17,28-29H2,(H,30,35)(H,31,36). The molecule has 0 radical (unpaired) electrons. The van der Waals surface area contributed by atoms with E-state index in [9.17, 15) is 14.4 Å². The number of nitrogens with zero attached hydrogens (tertiary/aromatic N) is 2. The van der Waals surface area contributed by atoms with Gasteiger partial charge in [0.15, 0.2) is 0 Å². The van der Waals surface area contributed by atoms with Crippen LogP contribution in [0.5, 0.6) is 0 Å². The largest absolute Gasteiger partial charge is 0.333 e. The quantitative estimate of drug-likeness (QED) is 0.324. The molecule has 9 nitrogen and oxygen atoms in total. The molecule has 36 heavy (non-hydrogen) atoms. The minimum atomic E-state index is -0.527. The van der Waals surface area contributed by atoms with Gasteiger partial charge >= 0.3 is 0 Å². The fraction of sp³-hybridized carbons (Fsp3) is 0.370. The number of hydrogen-bond acceptors (Lipinski definition) is 5. The highest BCUT2D eigenvalue weighted by molar-refractivity contribution is 5.98. The molecule has 3 amide bonds. The molecule has 2 aromatic carbocycles. The number of hydrogen-bond donors (Lipinski definition) is 4. The van der Waals surface area contributed by atoms with Crippen LogP contribution in [-0.4, -0.2) is 53.4 Å². The Labute approximate surface area is 210 Å². The Hall–Kier alpha value is -3.69. The molecule has 1 saturated heterocycles. The third-order valence-electron chi connectivity index (χ3n) is 6.75. The van der Waals surface area contributed by atoms with Crippen molar-refractivity contribution in [1.29, 1.82) is 0 Å². The third-order valence-corrected chi connectivity index (χ3v) is 6.75. The predicted octanol–water partition coefficient (Wildman–Crippen LogP) is 2.50. The zero-order valence-electron chi connectivity index (χ0n) is 20.4. The number of carbonyl (C=O) groups excluding carboxylic acids is 3. The lowest BCUT2D eigenvalue weighted by molar-refractivity contribution is -0.132. The second kappa shape index (κ2) is 11.8. The topological polar surface area (TPSA) is 135 Å². The monoisotopic (exact) mass is 490 g/mol. The van der Waals surface area contributed by atoms with E-state index in [4.69, 9.17) is 11.5 Å². The van der Waals surface area contributed by atoms with Gasteiger partial charge in [-0.05, 0) is 61.6 Å². The highest BCUT2D eigenvalue weighted by Gasteiger charge is 2.33. The summed E-state index contributed by atoms with van der Waals surface area (Å²) in [6.07, 6.45) is 3.33. The van der Waals surface area contributed by atoms with Crippen molar-refractivity contribution in [2.45, 2.75) is 38.3 Å². The van der Waals surface area contributed by atoms with E-state index in [0.29, 0.717) is 50.0 Å². The Bertz CT molecular complexity index is 1220. The van der Waals surface area contributed by atoms with E-state index in [2.05, 4.69) is 10.6 Å². The van der Waals surface area contributed by atoms with E-state index >= 15 is 0 Å². The Balaban J connectivity index is 1.59. The SMILES string of the molecule is NCCC(=O)Nc1cccc(Cn2c(NC(=O)C3CC(CCN)CCN3C=O)cc3ccccc32)c1. The molecule has 2 heterocycles. The number of nitrogens with two attached hydrogens (primary N) is 2. The fourth-order valence-corrected chi connectivity index (χ4v) is 4.92. The van der Waals surface area contributed by atoms with E-state index < -0.39 is 6.04 Å². The van der Waals surface area contributed by atoms with E-state index in [0.717, 1.165) is 35.7 Å². The number of piperidine rings is 1. The molecule has 2 atom stereocenters. The van der Waals surface area contributed by atoms with E-state index in [1.165, 1.54) is 0 Å². The first-order chi connectivity index (χ1) is 17.5. The van der Waals surface area contributed by atoms with Gasteiger partial charge in [0.05, 0.1) is 5.52 Å². The Morgan fingerprint density at radius 1 is 1.03 bits per heavy atom. The number of nitrogens with one attached hydrogen (secondary N) is 2. The first-order valence-corrected chi connectivity index (χ1v) is 12.4. The number of carbonyl (C=O) groups is 3. The molecule has 2 unspecified atom stereocenters. The molecule has 0 spiro atoms. The van der Waals surface area contributed by atoms with E-state index in [-0.39, 0.29) is 18.2 Å². The van der Waals surface area contributed by atoms with Crippen molar-refractivity contribution in [3.05, 3.63) is 60.2 Å². The van der Waals surface area contributed by atoms with Crippen molar-refractivity contribution in [3.8, 4) is 0 Å². The molecule has 1 fully saturated rings. The van der Waals surface area contributed by atoms with Gasteiger partial charge < -0.3 is 31.6 Å². The highest BCUT2D eigenvalue weighted by Crippen LogP contribution is 2.28. The lowest BCUT2D eigenvalue weighted by atomic mass is 9.88. The van der Waals surface area contributed by atoms with Crippen molar-refractivity contribution in [1.82, 2.24) is 9.47 Å². The molecular weight excluding hydrogens is 456 g/mol. The summed E-state index contributed by atoms with van der Waals surface area (Å²) in [4.78, 5) is 38.6. The van der Waals surface area contributed by atoms with Gasteiger partial charge in [-0.15, -0.1) is 0 Å². The number of aromatic nitrogens is 1. The van der Waals surface area contributed by atoms with E-state index in [1.807, 2.05) is 59.2 Å². The number of amides is 3. The summed E-state index contributed by atoms with van der Waals surface area (Å²) in [6, 6.07) is 17.0. The maximum Gasteiger partial charge on any atom is 0.248 e. The number of benzene rings is 2. The number of rotatable bonds is 10. The van der Waals surface area contributed by atoms with Gasteiger partial charge in [0.1, 0.15) is 11.9 Å². The van der Waals surface area contributed by atoms with Gasteiger partial charge in [0, 0.05) is 37.1 Å². The molecule has 0 aliphatic carbocycles. The first-order valence-electron chi connectivity index (χ1n) is 12.4. The van der Waals surface area contributed by atoms with Gasteiger partial charge in [-0.3, -0.25) is 14.4 Å². The van der Waals surface area contributed by atoms with Crippen LogP contribution in [0, 0.1) is 5.92 Å². The second-order valence-electron chi connectivity index (χ2n) is 9.28. The van der Waals surface area contributed by atoms with Crippen LogP contribution >= 0.6 is 0 Å². The number of para-hydroxylation sites is 1. The van der Waals surface area contributed by atoms with Crippen LogP contribution in [0.25, 0.3) is 10.9 Å². The summed E-state index contributed by atoms with van der Waals surface area (Å²) in [6.45, 7) is 1.90. The molecule has 1 aliphatic heterocycles. The normalized spacial score (nSPS) is 17.7. The lowest BCUT2D eigenvalue weighted by Gasteiger charge is -2.36. The molecule has 0 bridgehead atoms.